The highest BCUT2D eigenvalue weighted by Crippen LogP contribution is 2.33. The molecule has 0 saturated carbocycles. The van der Waals surface area contributed by atoms with Gasteiger partial charge in [-0.1, -0.05) is 35.5 Å². The lowest BCUT2D eigenvalue weighted by Gasteiger charge is -2.32. The van der Waals surface area contributed by atoms with Gasteiger partial charge in [-0.2, -0.15) is 0 Å². The normalized spacial score (nSPS) is 20.2. The van der Waals surface area contributed by atoms with Gasteiger partial charge in [-0.15, -0.1) is 0 Å². The van der Waals surface area contributed by atoms with Crippen molar-refractivity contribution in [2.24, 2.45) is 0 Å². The molecule has 0 aliphatic carbocycles. The molecule has 2 fully saturated rings. The Balaban J connectivity index is 1.56. The highest BCUT2D eigenvalue weighted by Gasteiger charge is 2.27. The molecule has 8 nitrogen and oxygen atoms in total. The number of β-amino-alcohol motifs (C(OH)–C–C–N with tert-alkyl or cyclic N) is 1. The molecule has 2 saturated heterocycles. The minimum Gasteiger partial charge on any atom is -0.390 e. The van der Waals surface area contributed by atoms with E-state index in [9.17, 15) is 5.11 Å². The molecule has 2 unspecified atom stereocenters. The van der Waals surface area contributed by atoms with Crippen LogP contribution >= 0.6 is 0 Å². The smallest absolute Gasteiger partial charge is 0.232 e. The number of nitrogens with zero attached hydrogens (tertiary/aromatic N) is 4. The molecule has 2 aliphatic rings. The summed E-state index contributed by atoms with van der Waals surface area (Å²) in [5, 5.41) is 15.5. The molecule has 0 bridgehead atoms. The molecule has 8 heteroatoms. The molecule has 1 N–H and O–H groups in total. The second-order valence-electron chi connectivity index (χ2n) is 9.25. The molecular formula is C26H40N4O4. The first kappa shape index (κ1) is 25.1. The van der Waals surface area contributed by atoms with Crippen molar-refractivity contribution in [3.8, 4) is 11.3 Å². The van der Waals surface area contributed by atoms with Crippen LogP contribution < -0.4 is 4.90 Å². The van der Waals surface area contributed by atoms with Gasteiger partial charge in [0, 0.05) is 64.5 Å². The summed E-state index contributed by atoms with van der Waals surface area (Å²) < 4.78 is 17.4. The molecule has 3 heterocycles. The molecule has 1 aromatic carbocycles. The second-order valence-corrected chi connectivity index (χ2v) is 9.25. The molecular weight excluding hydrogens is 432 g/mol. The Morgan fingerprint density at radius 1 is 1.12 bits per heavy atom. The Hall–Kier alpha value is -1.97. The van der Waals surface area contributed by atoms with Crippen molar-refractivity contribution in [3.63, 3.8) is 0 Å². The molecule has 0 spiro atoms. The van der Waals surface area contributed by atoms with Crippen molar-refractivity contribution in [1.82, 2.24) is 15.0 Å². The highest BCUT2D eigenvalue weighted by molar-refractivity contribution is 5.68. The number of rotatable bonds is 12. The monoisotopic (exact) mass is 472 g/mol. The van der Waals surface area contributed by atoms with Crippen molar-refractivity contribution in [2.45, 2.75) is 45.4 Å². The lowest BCUT2D eigenvalue weighted by molar-refractivity contribution is -0.0000923. The van der Waals surface area contributed by atoms with Crippen LogP contribution in [-0.2, 0) is 16.0 Å². The third kappa shape index (κ3) is 6.58. The summed E-state index contributed by atoms with van der Waals surface area (Å²) in [4.78, 5) is 6.82. The molecule has 2 aromatic rings. The van der Waals surface area contributed by atoms with Gasteiger partial charge in [0.25, 0.3) is 0 Å². The van der Waals surface area contributed by atoms with E-state index in [1.807, 2.05) is 18.2 Å². The Kier molecular flexibility index (Phi) is 9.35. The van der Waals surface area contributed by atoms with E-state index in [4.69, 9.17) is 14.0 Å². The standard InChI is InChI=1S/C26H40N4O4/c1-3-30(4-2)26-24(25(27-34-26)21-9-6-5-7-10-21)20-29(19-23-11-8-14-33-23)18-22(31)17-28-12-15-32-16-13-28/h5-7,9-10,22-23,31H,3-4,8,11-20H2,1-2H3. The third-order valence-electron chi connectivity index (χ3n) is 6.77. The van der Waals surface area contributed by atoms with Gasteiger partial charge in [0.05, 0.1) is 31.0 Å². The van der Waals surface area contributed by atoms with Crippen LogP contribution in [-0.4, -0.2) is 97.9 Å². The maximum atomic E-state index is 11.0. The topological polar surface area (TPSA) is 74.4 Å². The van der Waals surface area contributed by atoms with Gasteiger partial charge < -0.3 is 24.0 Å². The van der Waals surface area contributed by atoms with Crippen molar-refractivity contribution in [2.75, 3.05) is 70.5 Å². The fourth-order valence-corrected chi connectivity index (χ4v) is 4.97. The summed E-state index contributed by atoms with van der Waals surface area (Å²) in [6, 6.07) is 10.2. The quantitative estimate of drug-likeness (QED) is 0.506. The summed E-state index contributed by atoms with van der Waals surface area (Å²) in [6.45, 7) is 12.7. The van der Waals surface area contributed by atoms with E-state index in [1.165, 1.54) is 0 Å². The lowest BCUT2D eigenvalue weighted by Crippen LogP contribution is -2.45. The van der Waals surface area contributed by atoms with Crippen LogP contribution in [0.15, 0.2) is 34.9 Å². The summed E-state index contributed by atoms with van der Waals surface area (Å²) in [5.41, 5.74) is 3.00. The van der Waals surface area contributed by atoms with E-state index >= 15 is 0 Å². The van der Waals surface area contributed by atoms with Gasteiger partial charge in [0.2, 0.25) is 5.88 Å². The van der Waals surface area contributed by atoms with Crippen LogP contribution in [0.25, 0.3) is 11.3 Å². The van der Waals surface area contributed by atoms with Gasteiger partial charge in [-0.05, 0) is 26.7 Å². The van der Waals surface area contributed by atoms with Crippen LogP contribution in [0.4, 0.5) is 5.88 Å². The Morgan fingerprint density at radius 2 is 1.88 bits per heavy atom. The zero-order valence-electron chi connectivity index (χ0n) is 20.7. The minimum absolute atomic E-state index is 0.201. The zero-order valence-corrected chi connectivity index (χ0v) is 20.7. The van der Waals surface area contributed by atoms with Gasteiger partial charge in [-0.25, -0.2) is 0 Å². The van der Waals surface area contributed by atoms with Crippen LogP contribution in [0, 0.1) is 0 Å². The average Bonchev–Trinajstić information content (AvgIpc) is 3.52. The summed E-state index contributed by atoms with van der Waals surface area (Å²) in [6.07, 6.45) is 1.92. The van der Waals surface area contributed by atoms with Crippen molar-refractivity contribution in [1.29, 1.82) is 0 Å². The molecule has 188 valence electrons. The predicted octanol–water partition coefficient (Wildman–Crippen LogP) is 2.86. The molecule has 0 amide bonds. The third-order valence-corrected chi connectivity index (χ3v) is 6.77. The predicted molar refractivity (Wildman–Crippen MR) is 133 cm³/mol. The number of morpholine rings is 1. The fourth-order valence-electron chi connectivity index (χ4n) is 4.97. The number of ether oxygens (including phenoxy) is 2. The number of benzene rings is 1. The molecule has 0 radical (unpaired) electrons. The first-order chi connectivity index (χ1) is 16.7. The van der Waals surface area contributed by atoms with Crippen molar-refractivity contribution < 1.29 is 19.1 Å². The molecule has 1 aromatic heterocycles. The second kappa shape index (κ2) is 12.7. The fraction of sp³-hybridized carbons (Fsp3) is 0.654. The number of aliphatic hydroxyl groups is 1. The van der Waals surface area contributed by atoms with Gasteiger partial charge in [0.15, 0.2) is 0 Å². The van der Waals surface area contributed by atoms with Gasteiger partial charge in [-0.3, -0.25) is 9.80 Å². The first-order valence-electron chi connectivity index (χ1n) is 12.8. The molecule has 34 heavy (non-hydrogen) atoms. The summed E-state index contributed by atoms with van der Waals surface area (Å²) >= 11 is 0. The first-order valence-corrected chi connectivity index (χ1v) is 12.8. The maximum Gasteiger partial charge on any atom is 0.232 e. The van der Waals surface area contributed by atoms with E-state index < -0.39 is 6.10 Å². The number of aromatic nitrogens is 1. The molecule has 4 rings (SSSR count). The van der Waals surface area contributed by atoms with Crippen LogP contribution in [0.5, 0.6) is 0 Å². The van der Waals surface area contributed by atoms with Crippen molar-refractivity contribution in [3.05, 3.63) is 35.9 Å². The summed E-state index contributed by atoms with van der Waals surface area (Å²) in [5.74, 6) is 0.823. The van der Waals surface area contributed by atoms with E-state index in [-0.39, 0.29) is 6.10 Å². The van der Waals surface area contributed by atoms with E-state index in [0.29, 0.717) is 19.6 Å². The van der Waals surface area contributed by atoms with Gasteiger partial charge in [0.1, 0.15) is 5.69 Å². The van der Waals surface area contributed by atoms with Crippen LogP contribution in [0.3, 0.4) is 0 Å². The van der Waals surface area contributed by atoms with E-state index in [1.54, 1.807) is 0 Å². The van der Waals surface area contributed by atoms with E-state index in [2.05, 4.69) is 45.8 Å². The number of anilines is 1. The zero-order chi connectivity index (χ0) is 23.8. The highest BCUT2D eigenvalue weighted by atomic mass is 16.5. The Bertz CT molecular complexity index is 846. The number of hydrogen-bond acceptors (Lipinski definition) is 8. The Morgan fingerprint density at radius 3 is 2.56 bits per heavy atom. The Labute approximate surface area is 203 Å². The van der Waals surface area contributed by atoms with Crippen molar-refractivity contribution >= 4 is 5.88 Å². The van der Waals surface area contributed by atoms with Gasteiger partial charge >= 0.3 is 0 Å². The SMILES string of the molecule is CCN(CC)c1onc(-c2ccccc2)c1CN(CC(O)CN1CCOCC1)CC1CCCO1. The number of hydrogen-bond donors (Lipinski definition) is 1. The molecule has 2 aliphatic heterocycles. The van der Waals surface area contributed by atoms with E-state index in [0.717, 1.165) is 88.1 Å². The molecule has 2 atom stereocenters. The minimum atomic E-state index is -0.448. The summed E-state index contributed by atoms with van der Waals surface area (Å²) in [7, 11) is 0. The van der Waals surface area contributed by atoms with Crippen LogP contribution in [0.1, 0.15) is 32.3 Å². The maximum absolute atomic E-state index is 11.0. The van der Waals surface area contributed by atoms with Crippen LogP contribution in [0.2, 0.25) is 0 Å². The number of aliphatic hydroxyl groups excluding tert-OH is 1. The lowest BCUT2D eigenvalue weighted by atomic mass is 10.1. The average molecular weight is 473 g/mol. The largest absolute Gasteiger partial charge is 0.390 e.